The van der Waals surface area contributed by atoms with E-state index < -0.39 is 5.92 Å². The molecule has 0 spiro atoms. The zero-order valence-electron chi connectivity index (χ0n) is 5.68. The second-order valence-corrected chi connectivity index (χ2v) is 1.64. The maximum absolute atomic E-state index is 10.6. The largest absolute Gasteiger partial charge is 0.465 e. The van der Waals surface area contributed by atoms with Gasteiger partial charge in [0.15, 0.2) is 0 Å². The van der Waals surface area contributed by atoms with Crippen molar-refractivity contribution in [3.63, 3.8) is 0 Å². The Bertz CT molecular complexity index is 132. The molecule has 2 heteroatoms. The second kappa shape index (κ2) is 3.96. The van der Waals surface area contributed by atoms with Crippen molar-refractivity contribution in [1.82, 2.24) is 0 Å². The monoisotopic (exact) mass is 126 g/mol. The van der Waals surface area contributed by atoms with Crippen LogP contribution < -0.4 is 0 Å². The third-order valence-corrected chi connectivity index (χ3v) is 0.890. The summed E-state index contributed by atoms with van der Waals surface area (Å²) in [5.41, 5.74) is 0. The Morgan fingerprint density at radius 1 is 1.89 bits per heavy atom. The molecule has 50 valence electrons. The number of ether oxygens (including phenoxy) is 1. The van der Waals surface area contributed by atoms with E-state index in [-0.39, 0.29) is 5.97 Å². The van der Waals surface area contributed by atoms with Crippen LogP contribution in [0.5, 0.6) is 0 Å². The first-order valence-electron chi connectivity index (χ1n) is 2.85. The highest BCUT2D eigenvalue weighted by molar-refractivity contribution is 5.74. The van der Waals surface area contributed by atoms with E-state index in [4.69, 9.17) is 6.42 Å². The van der Waals surface area contributed by atoms with E-state index in [1.54, 1.807) is 13.8 Å². The van der Waals surface area contributed by atoms with E-state index >= 15 is 0 Å². The number of terminal acetylenes is 1. The van der Waals surface area contributed by atoms with Gasteiger partial charge in [-0.1, -0.05) is 5.92 Å². The fraction of sp³-hybridized carbons (Fsp3) is 0.571. The Balaban J connectivity index is 3.63. The van der Waals surface area contributed by atoms with Gasteiger partial charge in [0, 0.05) is 0 Å². The predicted octanol–water partition coefficient (Wildman–Crippen LogP) is 0.819. The van der Waals surface area contributed by atoms with Gasteiger partial charge in [-0.05, 0) is 13.8 Å². The van der Waals surface area contributed by atoms with Crippen LogP contribution in [0.15, 0.2) is 0 Å². The first-order chi connectivity index (χ1) is 4.22. The molecule has 2 nitrogen and oxygen atoms in total. The van der Waals surface area contributed by atoms with Gasteiger partial charge in [-0.15, -0.1) is 6.42 Å². The van der Waals surface area contributed by atoms with Gasteiger partial charge in [-0.3, -0.25) is 4.79 Å². The molecule has 9 heavy (non-hydrogen) atoms. The van der Waals surface area contributed by atoms with Gasteiger partial charge in [0.05, 0.1) is 6.61 Å². The SMILES string of the molecule is C#CC(C)C(=O)OCC. The van der Waals surface area contributed by atoms with Crippen molar-refractivity contribution in [2.75, 3.05) is 6.61 Å². The summed E-state index contributed by atoms with van der Waals surface area (Å²) in [5.74, 6) is 1.54. The lowest BCUT2D eigenvalue weighted by Gasteiger charge is -2.01. The van der Waals surface area contributed by atoms with E-state index in [1.165, 1.54) is 0 Å². The minimum atomic E-state index is -0.412. The summed E-state index contributed by atoms with van der Waals surface area (Å²) >= 11 is 0. The quantitative estimate of drug-likeness (QED) is 0.404. The van der Waals surface area contributed by atoms with Crippen molar-refractivity contribution in [2.24, 2.45) is 5.92 Å². The molecule has 0 aromatic heterocycles. The maximum Gasteiger partial charge on any atom is 0.320 e. The number of carbonyl (C=O) groups is 1. The minimum Gasteiger partial charge on any atom is -0.465 e. The predicted molar refractivity (Wildman–Crippen MR) is 34.6 cm³/mol. The van der Waals surface area contributed by atoms with Crippen molar-refractivity contribution in [3.8, 4) is 12.3 Å². The minimum absolute atomic E-state index is 0.319. The van der Waals surface area contributed by atoms with Gasteiger partial charge in [-0.25, -0.2) is 0 Å². The summed E-state index contributed by atoms with van der Waals surface area (Å²) in [4.78, 5) is 10.6. The van der Waals surface area contributed by atoms with Gasteiger partial charge in [0.25, 0.3) is 0 Å². The van der Waals surface area contributed by atoms with Crippen LogP contribution in [0.1, 0.15) is 13.8 Å². The van der Waals surface area contributed by atoms with E-state index in [1.807, 2.05) is 0 Å². The highest BCUT2D eigenvalue weighted by Gasteiger charge is 2.08. The van der Waals surface area contributed by atoms with E-state index in [9.17, 15) is 4.79 Å². The zero-order chi connectivity index (χ0) is 7.28. The van der Waals surface area contributed by atoms with Gasteiger partial charge >= 0.3 is 5.97 Å². The van der Waals surface area contributed by atoms with Crippen LogP contribution in [-0.4, -0.2) is 12.6 Å². The molecule has 0 bridgehead atoms. The Hall–Kier alpha value is -0.970. The first kappa shape index (κ1) is 8.03. The Morgan fingerprint density at radius 3 is 2.78 bits per heavy atom. The number of carbonyl (C=O) groups excluding carboxylic acids is 1. The lowest BCUT2D eigenvalue weighted by Crippen LogP contribution is -2.12. The molecule has 0 fully saturated rings. The fourth-order valence-electron chi connectivity index (χ4n) is 0.335. The normalized spacial score (nSPS) is 11.7. The van der Waals surface area contributed by atoms with Crippen LogP contribution in [0.25, 0.3) is 0 Å². The molecule has 0 saturated carbocycles. The molecule has 0 amide bonds. The van der Waals surface area contributed by atoms with Crippen LogP contribution in [0, 0.1) is 18.3 Å². The standard InChI is InChI=1S/C7H10O2/c1-4-6(3)7(8)9-5-2/h1,6H,5H2,2-3H3. The van der Waals surface area contributed by atoms with Crippen LogP contribution in [0.3, 0.4) is 0 Å². The lowest BCUT2D eigenvalue weighted by atomic mass is 10.2. The molecule has 0 aromatic rings. The summed E-state index contributed by atoms with van der Waals surface area (Å²) in [6, 6.07) is 0. The molecule has 0 heterocycles. The molecule has 0 N–H and O–H groups in total. The highest BCUT2D eigenvalue weighted by atomic mass is 16.5. The first-order valence-corrected chi connectivity index (χ1v) is 2.85. The number of rotatable bonds is 2. The van der Waals surface area contributed by atoms with Crippen molar-refractivity contribution in [3.05, 3.63) is 0 Å². The highest BCUT2D eigenvalue weighted by Crippen LogP contribution is 1.94. The molecule has 0 rings (SSSR count). The van der Waals surface area contributed by atoms with Crippen molar-refractivity contribution in [1.29, 1.82) is 0 Å². The third kappa shape index (κ3) is 2.76. The number of esters is 1. The summed E-state index contributed by atoms with van der Waals surface area (Å²) in [6.07, 6.45) is 4.95. The van der Waals surface area contributed by atoms with Crippen molar-refractivity contribution >= 4 is 5.97 Å². The molecular weight excluding hydrogens is 116 g/mol. The van der Waals surface area contributed by atoms with Crippen LogP contribution in [0.4, 0.5) is 0 Å². The second-order valence-electron chi connectivity index (χ2n) is 1.64. The van der Waals surface area contributed by atoms with Crippen molar-refractivity contribution < 1.29 is 9.53 Å². The van der Waals surface area contributed by atoms with Gasteiger partial charge in [-0.2, -0.15) is 0 Å². The van der Waals surface area contributed by atoms with E-state index in [2.05, 4.69) is 10.7 Å². The number of hydrogen-bond donors (Lipinski definition) is 0. The summed E-state index contributed by atoms with van der Waals surface area (Å²) in [5, 5.41) is 0. The molecule has 0 radical (unpaired) electrons. The maximum atomic E-state index is 10.6. The molecule has 0 saturated heterocycles. The lowest BCUT2D eigenvalue weighted by molar-refractivity contribution is -0.145. The Kier molecular flexibility index (Phi) is 3.54. The molecular formula is C7H10O2. The molecule has 1 atom stereocenters. The van der Waals surface area contributed by atoms with E-state index in [0.717, 1.165) is 0 Å². The molecule has 0 aliphatic carbocycles. The van der Waals surface area contributed by atoms with Gasteiger partial charge in [0.1, 0.15) is 5.92 Å². The average molecular weight is 126 g/mol. The molecule has 0 aliphatic heterocycles. The molecule has 1 unspecified atom stereocenters. The van der Waals surface area contributed by atoms with Crippen molar-refractivity contribution in [2.45, 2.75) is 13.8 Å². The summed E-state index contributed by atoms with van der Waals surface area (Å²) in [7, 11) is 0. The summed E-state index contributed by atoms with van der Waals surface area (Å²) in [6.45, 7) is 3.78. The molecule has 0 aliphatic rings. The fourth-order valence-corrected chi connectivity index (χ4v) is 0.335. The Labute approximate surface area is 55.2 Å². The summed E-state index contributed by atoms with van der Waals surface area (Å²) < 4.78 is 4.61. The van der Waals surface area contributed by atoms with Crippen LogP contribution >= 0.6 is 0 Å². The average Bonchev–Trinajstić information content (AvgIpc) is 1.87. The van der Waals surface area contributed by atoms with Crippen LogP contribution in [-0.2, 0) is 9.53 Å². The third-order valence-electron chi connectivity index (χ3n) is 0.890. The number of hydrogen-bond acceptors (Lipinski definition) is 2. The smallest absolute Gasteiger partial charge is 0.320 e. The molecule has 0 aromatic carbocycles. The van der Waals surface area contributed by atoms with Crippen LogP contribution in [0.2, 0.25) is 0 Å². The van der Waals surface area contributed by atoms with Gasteiger partial charge in [0.2, 0.25) is 0 Å². The van der Waals surface area contributed by atoms with Gasteiger partial charge < -0.3 is 4.74 Å². The topological polar surface area (TPSA) is 26.3 Å². The zero-order valence-corrected chi connectivity index (χ0v) is 5.68. The Morgan fingerprint density at radius 2 is 2.44 bits per heavy atom. The van der Waals surface area contributed by atoms with E-state index in [0.29, 0.717) is 6.61 Å².